The molecule has 0 unspecified atom stereocenters. The number of nitrogens with one attached hydrogen (secondary N) is 2. The number of nitrogens with zero attached hydrogens (tertiary/aromatic N) is 7. The molecule has 61 heavy (non-hydrogen) atoms. The highest BCUT2D eigenvalue weighted by atomic mass is 19.1. The molecule has 17 heteroatoms. The molecule has 320 valence electrons. The summed E-state index contributed by atoms with van der Waals surface area (Å²) in [7, 11) is 3.39. The van der Waals surface area contributed by atoms with Gasteiger partial charge in [-0.2, -0.15) is 10.1 Å². The molecule has 0 radical (unpaired) electrons. The molecular weight excluding hydrogens is 792 g/mol. The molecule has 2 aromatic heterocycles. The third-order valence-corrected chi connectivity index (χ3v) is 12.0. The summed E-state index contributed by atoms with van der Waals surface area (Å²) in [5.74, 6) is -3.78. The molecule has 2 saturated heterocycles. The van der Waals surface area contributed by atoms with E-state index in [9.17, 15) is 19.2 Å². The summed E-state index contributed by atoms with van der Waals surface area (Å²) in [6.45, 7) is 5.68. The van der Waals surface area contributed by atoms with Gasteiger partial charge in [-0.1, -0.05) is 6.92 Å². The lowest BCUT2D eigenvalue weighted by Gasteiger charge is -2.39. The minimum Gasteiger partial charge on any atom is -0.477 e. The highest BCUT2D eigenvalue weighted by molar-refractivity contribution is 6.19. The van der Waals surface area contributed by atoms with Gasteiger partial charge in [-0.3, -0.25) is 34.4 Å². The van der Waals surface area contributed by atoms with Crippen molar-refractivity contribution in [2.45, 2.75) is 70.5 Å². The van der Waals surface area contributed by atoms with E-state index in [0.717, 1.165) is 12.8 Å². The van der Waals surface area contributed by atoms with Crippen LogP contribution >= 0.6 is 0 Å². The number of halogens is 3. The van der Waals surface area contributed by atoms with E-state index in [1.54, 1.807) is 55.3 Å². The first-order chi connectivity index (χ1) is 29.2. The number of piperidine rings is 2. The maximum absolute atomic E-state index is 15.9. The monoisotopic (exact) mass is 839 g/mol. The highest BCUT2D eigenvalue weighted by Gasteiger charge is 2.36. The maximum Gasteiger partial charge on any atom is 0.280 e. The zero-order chi connectivity index (χ0) is 43.1. The van der Waals surface area contributed by atoms with Gasteiger partial charge in [-0.05, 0) is 93.0 Å². The number of hydrogen-bond donors (Lipinski definition) is 2. The summed E-state index contributed by atoms with van der Waals surface area (Å²) in [4.78, 5) is 66.0. The van der Waals surface area contributed by atoms with Crippen LogP contribution in [-0.2, 0) is 23.1 Å². The van der Waals surface area contributed by atoms with Crippen molar-refractivity contribution >= 4 is 41.0 Å². The number of rotatable bonds is 6. The van der Waals surface area contributed by atoms with Crippen molar-refractivity contribution in [3.8, 4) is 17.1 Å². The number of aryl methyl sites for hydroxylation is 2. The van der Waals surface area contributed by atoms with Gasteiger partial charge in [0.1, 0.15) is 17.8 Å². The van der Waals surface area contributed by atoms with Crippen molar-refractivity contribution in [2.75, 3.05) is 50.1 Å². The standard InChI is InChI=1S/C44H48F3N9O5/c1-24-6-5-15-61-43-30(21-48-54(43)4)35-19-28(16-25(2)49-35)40(58)52-44-50-34-9-7-27(20-37(34)56(44)22-24)42(60)53(3)36-12-14-55(23-33(36)47)13-11-26-17-31(45)39(32(46)18-26)29-8-10-38(57)51-41(29)59/h7,9,16-21,24,29,33,36H,5-6,8,10-15,22-23H2,1-4H3,(H,50,52,58)(H,51,57,59)/t24-,29-,33-,36-/m1/s1. The maximum atomic E-state index is 15.9. The minimum atomic E-state index is -1.38. The van der Waals surface area contributed by atoms with E-state index in [1.165, 1.54) is 17.0 Å². The Labute approximate surface area is 351 Å². The number of aromatic nitrogens is 3. The Bertz CT molecular complexity index is 2420. The number of pyridine rings is 1. The number of hydrogen-bond acceptors (Lipinski definition) is 10. The van der Waals surface area contributed by atoms with E-state index >= 15 is 13.2 Å². The molecule has 0 aliphatic carbocycles. The molecule has 0 spiro atoms. The van der Waals surface area contributed by atoms with Gasteiger partial charge in [0.15, 0.2) is 0 Å². The van der Waals surface area contributed by atoms with Crippen LogP contribution in [0, 0.1) is 24.5 Å². The summed E-state index contributed by atoms with van der Waals surface area (Å²) in [5.41, 5.74) is 3.92. The number of anilines is 2. The average Bonchev–Trinajstić information content (AvgIpc) is 3.76. The molecule has 4 atom stereocenters. The number of imide groups is 1. The molecule has 0 saturated carbocycles. The van der Waals surface area contributed by atoms with Crippen LogP contribution in [0.25, 0.3) is 11.3 Å². The largest absolute Gasteiger partial charge is 0.477 e. The second kappa shape index (κ2) is 17.1. The van der Waals surface area contributed by atoms with Crippen molar-refractivity contribution in [3.63, 3.8) is 0 Å². The second-order valence-electron chi connectivity index (χ2n) is 16.5. The van der Waals surface area contributed by atoms with E-state index in [4.69, 9.17) is 4.74 Å². The molecule has 2 N–H and O–H groups in total. The first-order valence-electron chi connectivity index (χ1n) is 20.6. The van der Waals surface area contributed by atoms with Crippen LogP contribution in [0.2, 0.25) is 0 Å². The Morgan fingerprint density at radius 1 is 1.02 bits per heavy atom. The number of likely N-dealkylation sites (tertiary alicyclic amines) is 1. The molecule has 4 aliphatic rings. The molecular formula is C44H48F3N9O5. The van der Waals surface area contributed by atoms with Crippen LogP contribution in [-0.4, -0.2) is 106 Å². The van der Waals surface area contributed by atoms with Crippen molar-refractivity contribution in [1.82, 2.24) is 29.9 Å². The van der Waals surface area contributed by atoms with Crippen molar-refractivity contribution in [1.29, 1.82) is 0 Å². The van der Waals surface area contributed by atoms with Gasteiger partial charge in [0.05, 0.1) is 47.4 Å². The normalized spacial score (nSPS) is 23.0. The topological polar surface area (TPSA) is 154 Å². The number of benzene rings is 2. The van der Waals surface area contributed by atoms with Crippen LogP contribution in [0.3, 0.4) is 0 Å². The fourth-order valence-electron chi connectivity index (χ4n) is 8.76. The van der Waals surface area contributed by atoms with Gasteiger partial charge in [-0.15, -0.1) is 0 Å². The first-order valence-corrected chi connectivity index (χ1v) is 20.6. The van der Waals surface area contributed by atoms with E-state index in [1.807, 2.05) is 16.7 Å². The van der Waals surface area contributed by atoms with E-state index < -0.39 is 47.5 Å². The third kappa shape index (κ3) is 8.60. The Hall–Kier alpha value is -6.10. The van der Waals surface area contributed by atoms with Gasteiger partial charge in [0, 0.05) is 69.1 Å². The summed E-state index contributed by atoms with van der Waals surface area (Å²) in [5, 5.41) is 9.79. The second-order valence-corrected chi connectivity index (χ2v) is 16.5. The quantitative estimate of drug-likeness (QED) is 0.236. The van der Waals surface area contributed by atoms with Gasteiger partial charge in [0.25, 0.3) is 11.8 Å². The average molecular weight is 840 g/mol. The van der Waals surface area contributed by atoms with Gasteiger partial charge < -0.3 is 19.9 Å². The van der Waals surface area contributed by atoms with Crippen LogP contribution in [0.15, 0.2) is 53.7 Å². The minimum absolute atomic E-state index is 0.000967. The molecule has 6 heterocycles. The fraction of sp³-hybridized carbons (Fsp3) is 0.432. The van der Waals surface area contributed by atoms with Crippen LogP contribution in [0.5, 0.6) is 5.88 Å². The number of carbonyl (C=O) groups excluding carboxylic acids is 4. The Kier molecular flexibility index (Phi) is 11.7. The van der Waals surface area contributed by atoms with E-state index in [2.05, 4.69) is 32.6 Å². The summed E-state index contributed by atoms with van der Waals surface area (Å²) in [6, 6.07) is 10.2. The molecule has 2 fully saturated rings. The van der Waals surface area contributed by atoms with E-state index in [0.29, 0.717) is 89.5 Å². The predicted octanol–water partition coefficient (Wildman–Crippen LogP) is 5.55. The van der Waals surface area contributed by atoms with Crippen LogP contribution in [0.1, 0.15) is 82.5 Å². The molecule has 14 nitrogen and oxygen atoms in total. The number of carbonyl (C=O) groups is 4. The summed E-state index contributed by atoms with van der Waals surface area (Å²) in [6.07, 6.45) is 2.46. The zero-order valence-electron chi connectivity index (χ0n) is 34.5. The van der Waals surface area contributed by atoms with Crippen molar-refractivity contribution in [2.24, 2.45) is 18.0 Å². The number of aliphatic imine (C=N–C) groups is 1. The highest BCUT2D eigenvalue weighted by Crippen LogP contribution is 2.37. The molecule has 2 bridgehead atoms. The van der Waals surface area contributed by atoms with Crippen molar-refractivity contribution < 1.29 is 37.1 Å². The summed E-state index contributed by atoms with van der Waals surface area (Å²) >= 11 is 0. The smallest absolute Gasteiger partial charge is 0.280 e. The number of amides is 4. The van der Waals surface area contributed by atoms with Gasteiger partial charge >= 0.3 is 0 Å². The molecule has 4 amide bonds. The lowest BCUT2D eigenvalue weighted by molar-refractivity contribution is -0.134. The molecule has 4 aliphatic heterocycles. The van der Waals surface area contributed by atoms with Gasteiger partial charge in [0.2, 0.25) is 23.7 Å². The SMILES string of the molecule is Cc1cc2cc(n1)-c1cnn(C)c1OCCC[C@@H](C)CN1/C(=N/C2=O)Nc2ccc(C(=O)N(C)[C@@H]3CCN(CCc4cc(F)c([C@H]5CCC(=O)NC5=O)c(F)c4)C[C@H]3F)cc21. The Morgan fingerprint density at radius 2 is 1.80 bits per heavy atom. The van der Waals surface area contributed by atoms with Crippen molar-refractivity contribution in [3.05, 3.63) is 88.2 Å². The number of fused-ring (bicyclic) bond motifs is 7. The number of alkyl halides is 1. The lowest BCUT2D eigenvalue weighted by atomic mass is 9.89. The lowest BCUT2D eigenvalue weighted by Crippen LogP contribution is -2.53. The van der Waals surface area contributed by atoms with E-state index in [-0.39, 0.29) is 43.2 Å². The number of ether oxygens (including phenoxy) is 1. The van der Waals surface area contributed by atoms with Crippen LogP contribution < -0.4 is 20.3 Å². The fourth-order valence-corrected chi connectivity index (χ4v) is 8.76. The Balaban J connectivity index is 0.944. The molecule has 8 rings (SSSR count). The predicted molar refractivity (Wildman–Crippen MR) is 221 cm³/mol. The number of guanidine groups is 1. The third-order valence-electron chi connectivity index (χ3n) is 12.0. The summed E-state index contributed by atoms with van der Waals surface area (Å²) < 4.78 is 54.0. The Morgan fingerprint density at radius 3 is 2.56 bits per heavy atom. The van der Waals surface area contributed by atoms with Gasteiger partial charge in [-0.25, -0.2) is 17.9 Å². The molecule has 2 aromatic carbocycles. The zero-order valence-corrected chi connectivity index (χ0v) is 34.5. The first kappa shape index (κ1) is 41.6. The van der Waals surface area contributed by atoms with Crippen LogP contribution in [0.4, 0.5) is 24.5 Å². The molecule has 4 aromatic rings.